The summed E-state index contributed by atoms with van der Waals surface area (Å²) in [6, 6.07) is 8.20. The van der Waals surface area contributed by atoms with Gasteiger partial charge in [0.1, 0.15) is 29.8 Å². The van der Waals surface area contributed by atoms with E-state index in [1.54, 1.807) is 23.8 Å². The Bertz CT molecular complexity index is 1310. The highest BCUT2D eigenvalue weighted by Gasteiger charge is 2.49. The molecule has 1 N–H and O–H groups in total. The molecule has 3 aromatic heterocycles. The van der Waals surface area contributed by atoms with Crippen LogP contribution in [0.1, 0.15) is 39.7 Å². The number of rotatable bonds is 5. The van der Waals surface area contributed by atoms with Crippen molar-refractivity contribution >= 4 is 17.4 Å². The van der Waals surface area contributed by atoms with Gasteiger partial charge in [-0.3, -0.25) is 4.90 Å². The first-order chi connectivity index (χ1) is 17.1. The topological polar surface area (TPSA) is 116 Å². The molecule has 0 saturated carbocycles. The first-order valence-electron chi connectivity index (χ1n) is 12.1. The number of pyridine rings is 2. The average molecular weight is 491 g/mol. The lowest BCUT2D eigenvalue weighted by Crippen LogP contribution is -2.70. The Labute approximate surface area is 209 Å². The second-order valence-electron chi connectivity index (χ2n) is 10.5. The summed E-state index contributed by atoms with van der Waals surface area (Å²) in [5.74, 6) is 1.37. The van der Waals surface area contributed by atoms with Crippen LogP contribution < -0.4 is 9.64 Å². The summed E-state index contributed by atoms with van der Waals surface area (Å²) in [5.41, 5.74) is 2.20. The van der Waals surface area contributed by atoms with Crippen molar-refractivity contribution in [3.05, 3.63) is 42.4 Å². The molecule has 3 fully saturated rings. The summed E-state index contributed by atoms with van der Waals surface area (Å²) < 4.78 is 12.9. The molecule has 10 nitrogen and oxygen atoms in total. The molecule has 3 aliphatic heterocycles. The van der Waals surface area contributed by atoms with E-state index < -0.39 is 11.7 Å². The van der Waals surface area contributed by atoms with Gasteiger partial charge >= 0.3 is 6.09 Å². The third kappa shape index (κ3) is 4.54. The standard InChI is InChI=1S/C26H30N6O4/c1-16(33)15-35-21-8-22(24-18(9-27)11-29-31(24)14-21)17-5-6-23(28-10-17)30-12-19-7-20(13-30)32(19)25(34)36-26(2,3)4/h5-6,8,10-11,14,16,19-20,33H,7,12-13,15H2,1-4H3/t16-,19?,20?/m1/s1. The summed E-state index contributed by atoms with van der Waals surface area (Å²) in [7, 11) is 0. The molecule has 3 aliphatic rings. The number of piperazine rings is 1. The predicted octanol–water partition coefficient (Wildman–Crippen LogP) is 3.23. The van der Waals surface area contributed by atoms with Crippen LogP contribution in [0.15, 0.2) is 36.8 Å². The van der Waals surface area contributed by atoms with E-state index in [0.29, 0.717) is 29.9 Å². The number of aliphatic hydroxyl groups is 1. The maximum atomic E-state index is 12.6. The van der Waals surface area contributed by atoms with Gasteiger partial charge in [0.05, 0.1) is 41.7 Å². The third-order valence-corrected chi connectivity index (χ3v) is 6.38. The van der Waals surface area contributed by atoms with E-state index in [1.807, 2.05) is 43.9 Å². The van der Waals surface area contributed by atoms with Crippen molar-refractivity contribution in [2.45, 2.75) is 57.9 Å². The van der Waals surface area contributed by atoms with Gasteiger partial charge < -0.3 is 19.5 Å². The number of aliphatic hydroxyl groups excluding tert-OH is 1. The minimum atomic E-state index is -0.612. The molecule has 2 bridgehead atoms. The number of carbonyl (C=O) groups excluding carboxylic acids is 1. The zero-order valence-electron chi connectivity index (χ0n) is 20.9. The van der Waals surface area contributed by atoms with E-state index in [-0.39, 0.29) is 24.8 Å². The summed E-state index contributed by atoms with van der Waals surface area (Å²) >= 11 is 0. The lowest BCUT2D eigenvalue weighted by Gasteiger charge is -2.56. The van der Waals surface area contributed by atoms with Gasteiger partial charge in [0.2, 0.25) is 0 Å². The first-order valence-corrected chi connectivity index (χ1v) is 12.1. The second-order valence-corrected chi connectivity index (χ2v) is 10.5. The summed E-state index contributed by atoms with van der Waals surface area (Å²) in [4.78, 5) is 21.3. The van der Waals surface area contributed by atoms with Crippen molar-refractivity contribution in [1.29, 1.82) is 5.26 Å². The summed E-state index contributed by atoms with van der Waals surface area (Å²) in [6.45, 7) is 8.85. The number of hydrogen-bond acceptors (Lipinski definition) is 8. The van der Waals surface area contributed by atoms with Gasteiger partial charge in [-0.05, 0) is 52.3 Å². The highest BCUT2D eigenvalue weighted by molar-refractivity contribution is 5.85. The zero-order valence-corrected chi connectivity index (χ0v) is 20.9. The number of amides is 1. The monoisotopic (exact) mass is 490 g/mol. The molecule has 0 aromatic carbocycles. The molecule has 10 heteroatoms. The van der Waals surface area contributed by atoms with Crippen LogP contribution in [0.25, 0.3) is 16.6 Å². The van der Waals surface area contributed by atoms with Crippen molar-refractivity contribution in [2.75, 3.05) is 24.6 Å². The van der Waals surface area contributed by atoms with Crippen LogP contribution in [0.3, 0.4) is 0 Å². The number of nitrogens with zero attached hydrogens (tertiary/aromatic N) is 6. The van der Waals surface area contributed by atoms with Gasteiger partial charge in [-0.25, -0.2) is 14.3 Å². The fourth-order valence-electron chi connectivity index (χ4n) is 4.84. The summed E-state index contributed by atoms with van der Waals surface area (Å²) in [6.07, 6.45) is 5.11. The molecule has 0 radical (unpaired) electrons. The van der Waals surface area contributed by atoms with Gasteiger partial charge in [0.15, 0.2) is 0 Å². The van der Waals surface area contributed by atoms with Crippen LogP contribution in [0.5, 0.6) is 5.75 Å². The maximum absolute atomic E-state index is 12.6. The molecule has 0 aliphatic carbocycles. The lowest BCUT2D eigenvalue weighted by atomic mass is 9.88. The Kier molecular flexibility index (Phi) is 5.96. The van der Waals surface area contributed by atoms with E-state index in [2.05, 4.69) is 16.1 Å². The largest absolute Gasteiger partial charge is 0.489 e. The number of ether oxygens (including phenoxy) is 2. The molecule has 6 rings (SSSR count). The highest BCUT2D eigenvalue weighted by atomic mass is 16.6. The van der Waals surface area contributed by atoms with Crippen LogP contribution in [0, 0.1) is 11.3 Å². The molecule has 3 atom stereocenters. The first kappa shape index (κ1) is 23.9. The molecule has 6 heterocycles. The quantitative estimate of drug-likeness (QED) is 0.580. The maximum Gasteiger partial charge on any atom is 0.410 e. The summed E-state index contributed by atoms with van der Waals surface area (Å²) in [5, 5.41) is 23.5. The molecule has 3 saturated heterocycles. The fourth-order valence-corrected chi connectivity index (χ4v) is 4.84. The van der Waals surface area contributed by atoms with Gasteiger partial charge in [0, 0.05) is 30.4 Å². The molecule has 0 spiro atoms. The Hall–Kier alpha value is -3.84. The Balaban J connectivity index is 1.36. The SMILES string of the molecule is C[C@@H](O)COc1cc(-c2ccc(N3CC4CC(C3)N4C(=O)OC(C)(C)C)nc2)c2c(C#N)cnn2c1. The van der Waals surface area contributed by atoms with Gasteiger partial charge in [-0.1, -0.05) is 0 Å². The van der Waals surface area contributed by atoms with Crippen molar-refractivity contribution in [3.8, 4) is 22.9 Å². The van der Waals surface area contributed by atoms with E-state index in [9.17, 15) is 15.2 Å². The second kappa shape index (κ2) is 8.99. The van der Waals surface area contributed by atoms with Crippen LogP contribution >= 0.6 is 0 Å². The Morgan fingerprint density at radius 2 is 2.03 bits per heavy atom. The lowest BCUT2D eigenvalue weighted by molar-refractivity contribution is -0.0380. The van der Waals surface area contributed by atoms with E-state index >= 15 is 0 Å². The number of aromatic nitrogens is 3. The van der Waals surface area contributed by atoms with E-state index in [0.717, 1.165) is 23.4 Å². The van der Waals surface area contributed by atoms with Crippen LogP contribution in [-0.2, 0) is 4.74 Å². The number of anilines is 1. The van der Waals surface area contributed by atoms with E-state index in [1.165, 1.54) is 6.20 Å². The van der Waals surface area contributed by atoms with Gasteiger partial charge in [-0.15, -0.1) is 0 Å². The Morgan fingerprint density at radius 3 is 2.64 bits per heavy atom. The average Bonchev–Trinajstić information content (AvgIpc) is 3.24. The number of nitriles is 1. The minimum Gasteiger partial charge on any atom is -0.489 e. The van der Waals surface area contributed by atoms with Crippen molar-refractivity contribution in [1.82, 2.24) is 19.5 Å². The predicted molar refractivity (Wildman–Crippen MR) is 133 cm³/mol. The van der Waals surface area contributed by atoms with Crippen LogP contribution in [-0.4, -0.2) is 74.2 Å². The smallest absolute Gasteiger partial charge is 0.410 e. The normalized spacial score (nSPS) is 20.0. The molecular formula is C26H30N6O4. The van der Waals surface area contributed by atoms with E-state index in [4.69, 9.17) is 14.5 Å². The third-order valence-electron chi connectivity index (χ3n) is 6.38. The van der Waals surface area contributed by atoms with Crippen LogP contribution in [0.4, 0.5) is 10.6 Å². The molecule has 188 valence electrons. The van der Waals surface area contributed by atoms with Gasteiger partial charge in [-0.2, -0.15) is 10.4 Å². The number of hydrogen-bond donors (Lipinski definition) is 1. The minimum absolute atomic E-state index is 0.118. The molecule has 1 amide bonds. The molecular weight excluding hydrogens is 460 g/mol. The van der Waals surface area contributed by atoms with Crippen molar-refractivity contribution in [2.24, 2.45) is 0 Å². The fraction of sp³-hybridized carbons (Fsp3) is 0.462. The molecule has 2 unspecified atom stereocenters. The highest BCUT2D eigenvalue weighted by Crippen LogP contribution is 2.36. The molecule has 3 aromatic rings. The van der Waals surface area contributed by atoms with Gasteiger partial charge in [0.25, 0.3) is 0 Å². The molecule has 36 heavy (non-hydrogen) atoms. The number of carbonyl (C=O) groups is 1. The Morgan fingerprint density at radius 1 is 1.28 bits per heavy atom. The van der Waals surface area contributed by atoms with Crippen LogP contribution in [0.2, 0.25) is 0 Å². The zero-order chi connectivity index (χ0) is 25.6. The van der Waals surface area contributed by atoms with Crippen molar-refractivity contribution < 1.29 is 19.4 Å². The number of piperidine rings is 1. The number of fused-ring (bicyclic) bond motifs is 3. The van der Waals surface area contributed by atoms with Crippen molar-refractivity contribution in [3.63, 3.8) is 0 Å².